The maximum absolute atomic E-state index is 15.0. The average molecular weight is 425 g/mol. The Bertz CT molecular complexity index is 1200. The standard InChI is InChI=1S/C23H21F2N3O3/c1-3-28-12-14(11-26-28)20-16(21(29)30)9-15(10-19(20)25)27-22(31)23(6-7-23)17-5-4-13(2)8-18(17)24/h4-5,8-12H,3,6-7H2,1-2H3,(H,27,31)(H,29,30). The van der Waals surface area contributed by atoms with E-state index in [1.165, 1.54) is 18.3 Å². The van der Waals surface area contributed by atoms with Crippen LogP contribution in [0.1, 0.15) is 41.3 Å². The first kappa shape index (κ1) is 20.7. The van der Waals surface area contributed by atoms with Crippen LogP contribution >= 0.6 is 0 Å². The van der Waals surface area contributed by atoms with Crippen molar-refractivity contribution in [2.24, 2.45) is 0 Å². The van der Waals surface area contributed by atoms with Gasteiger partial charge in [-0.05, 0) is 50.5 Å². The Labute approximate surface area is 177 Å². The predicted octanol–water partition coefficient (Wildman–Crippen LogP) is 4.53. The number of aryl methyl sites for hydroxylation is 2. The molecule has 0 aliphatic heterocycles. The minimum absolute atomic E-state index is 0.00493. The lowest BCUT2D eigenvalue weighted by molar-refractivity contribution is -0.118. The number of aromatic carboxylic acids is 1. The van der Waals surface area contributed by atoms with E-state index in [9.17, 15) is 23.5 Å². The highest BCUT2D eigenvalue weighted by Gasteiger charge is 2.52. The third kappa shape index (κ3) is 3.69. The van der Waals surface area contributed by atoms with Crippen LogP contribution in [0.2, 0.25) is 0 Å². The number of hydrogen-bond acceptors (Lipinski definition) is 3. The normalized spacial score (nSPS) is 14.3. The molecule has 2 N–H and O–H groups in total. The van der Waals surface area contributed by atoms with Gasteiger partial charge in [0.1, 0.15) is 11.6 Å². The molecule has 1 aliphatic carbocycles. The van der Waals surface area contributed by atoms with E-state index in [2.05, 4.69) is 10.4 Å². The van der Waals surface area contributed by atoms with Crippen LogP contribution in [0.15, 0.2) is 42.7 Å². The van der Waals surface area contributed by atoms with E-state index < -0.39 is 28.9 Å². The van der Waals surface area contributed by atoms with Gasteiger partial charge in [0.15, 0.2) is 0 Å². The van der Waals surface area contributed by atoms with Crippen molar-refractivity contribution in [3.05, 3.63) is 71.1 Å². The van der Waals surface area contributed by atoms with E-state index >= 15 is 0 Å². The van der Waals surface area contributed by atoms with Crippen LogP contribution in [-0.4, -0.2) is 26.8 Å². The summed E-state index contributed by atoms with van der Waals surface area (Å²) in [7, 11) is 0. The van der Waals surface area contributed by atoms with Gasteiger partial charge in [-0.2, -0.15) is 5.10 Å². The Kier molecular flexibility index (Phi) is 5.08. The molecule has 0 bridgehead atoms. The molecule has 0 atom stereocenters. The molecule has 1 amide bonds. The summed E-state index contributed by atoms with van der Waals surface area (Å²) >= 11 is 0. The highest BCUT2D eigenvalue weighted by Crippen LogP contribution is 2.50. The van der Waals surface area contributed by atoms with Crippen molar-refractivity contribution in [2.45, 2.75) is 38.6 Å². The highest BCUT2D eigenvalue weighted by atomic mass is 19.1. The molecule has 1 fully saturated rings. The van der Waals surface area contributed by atoms with E-state index in [1.54, 1.807) is 29.9 Å². The lowest BCUT2D eigenvalue weighted by Crippen LogP contribution is -2.29. The highest BCUT2D eigenvalue weighted by molar-refractivity contribution is 6.03. The van der Waals surface area contributed by atoms with Crippen molar-refractivity contribution >= 4 is 17.6 Å². The number of anilines is 1. The summed E-state index contributed by atoms with van der Waals surface area (Å²) in [5, 5.41) is 16.3. The van der Waals surface area contributed by atoms with Crippen molar-refractivity contribution in [2.75, 3.05) is 5.32 Å². The second kappa shape index (κ2) is 7.61. The van der Waals surface area contributed by atoms with Gasteiger partial charge in [0, 0.05) is 35.1 Å². The molecule has 0 saturated heterocycles. The van der Waals surface area contributed by atoms with Crippen LogP contribution in [0.3, 0.4) is 0 Å². The maximum atomic E-state index is 15.0. The summed E-state index contributed by atoms with van der Waals surface area (Å²) in [5.41, 5.74) is -0.0576. The fourth-order valence-electron chi connectivity index (χ4n) is 3.81. The van der Waals surface area contributed by atoms with Gasteiger partial charge in [0.2, 0.25) is 5.91 Å². The summed E-state index contributed by atoms with van der Waals surface area (Å²) in [4.78, 5) is 24.8. The number of amides is 1. The minimum Gasteiger partial charge on any atom is -0.478 e. The number of carbonyl (C=O) groups is 2. The topological polar surface area (TPSA) is 84.2 Å². The van der Waals surface area contributed by atoms with Gasteiger partial charge in [-0.1, -0.05) is 12.1 Å². The third-order valence-corrected chi connectivity index (χ3v) is 5.65. The number of carboxylic acids is 1. The van der Waals surface area contributed by atoms with Gasteiger partial charge in [-0.15, -0.1) is 0 Å². The first-order chi connectivity index (χ1) is 14.7. The molecule has 2 aromatic carbocycles. The molecule has 0 unspecified atom stereocenters. The number of carbonyl (C=O) groups excluding carboxylic acids is 1. The summed E-state index contributed by atoms with van der Waals surface area (Å²) < 4.78 is 31.0. The zero-order chi connectivity index (χ0) is 22.3. The van der Waals surface area contributed by atoms with E-state index in [4.69, 9.17) is 0 Å². The number of halogens is 2. The lowest BCUT2D eigenvalue weighted by Gasteiger charge is -2.18. The van der Waals surface area contributed by atoms with Crippen LogP contribution in [0.25, 0.3) is 11.1 Å². The number of hydrogen-bond donors (Lipinski definition) is 2. The van der Waals surface area contributed by atoms with Gasteiger partial charge in [0.25, 0.3) is 0 Å². The Morgan fingerprint density at radius 1 is 1.19 bits per heavy atom. The van der Waals surface area contributed by atoms with Crippen LogP contribution < -0.4 is 5.32 Å². The van der Waals surface area contributed by atoms with Crippen LogP contribution in [0, 0.1) is 18.6 Å². The molecule has 1 aromatic heterocycles. The van der Waals surface area contributed by atoms with E-state index in [0.717, 1.165) is 11.6 Å². The quantitative estimate of drug-likeness (QED) is 0.608. The molecule has 0 spiro atoms. The maximum Gasteiger partial charge on any atom is 0.336 e. The molecule has 6 nitrogen and oxygen atoms in total. The fourth-order valence-corrected chi connectivity index (χ4v) is 3.81. The molecule has 8 heteroatoms. The number of nitrogens with one attached hydrogen (secondary N) is 1. The van der Waals surface area contributed by atoms with E-state index in [1.807, 2.05) is 6.92 Å². The van der Waals surface area contributed by atoms with Crippen LogP contribution in [0.4, 0.5) is 14.5 Å². The summed E-state index contributed by atoms with van der Waals surface area (Å²) in [6.45, 7) is 4.17. The second-order valence-electron chi connectivity index (χ2n) is 7.79. The van der Waals surface area contributed by atoms with Crippen LogP contribution in [0.5, 0.6) is 0 Å². The lowest BCUT2D eigenvalue weighted by atomic mass is 9.93. The summed E-state index contributed by atoms with van der Waals surface area (Å²) in [6, 6.07) is 6.98. The van der Waals surface area contributed by atoms with Crippen molar-refractivity contribution < 1.29 is 23.5 Å². The summed E-state index contributed by atoms with van der Waals surface area (Å²) in [5.74, 6) is -3.08. The second-order valence-corrected chi connectivity index (χ2v) is 7.79. The number of rotatable bonds is 6. The average Bonchev–Trinajstić information content (AvgIpc) is 3.38. The Balaban J connectivity index is 1.68. The third-order valence-electron chi connectivity index (χ3n) is 5.65. The molecule has 1 heterocycles. The predicted molar refractivity (Wildman–Crippen MR) is 111 cm³/mol. The van der Waals surface area contributed by atoms with Crippen molar-refractivity contribution in [3.63, 3.8) is 0 Å². The molecule has 1 aliphatic rings. The Morgan fingerprint density at radius 2 is 1.94 bits per heavy atom. The molecular weight excluding hydrogens is 404 g/mol. The zero-order valence-corrected chi connectivity index (χ0v) is 17.1. The number of benzene rings is 2. The molecule has 3 aromatic rings. The SMILES string of the molecule is CCn1cc(-c2c(F)cc(NC(=O)C3(c4ccc(C)cc4F)CC3)cc2C(=O)O)cn1. The Hall–Kier alpha value is -3.55. The van der Waals surface area contributed by atoms with Gasteiger partial charge in [-0.3, -0.25) is 9.48 Å². The van der Waals surface area contributed by atoms with E-state index in [0.29, 0.717) is 24.9 Å². The van der Waals surface area contributed by atoms with Crippen LogP contribution in [-0.2, 0) is 16.8 Å². The van der Waals surface area contributed by atoms with Crippen molar-refractivity contribution in [1.29, 1.82) is 0 Å². The first-order valence-corrected chi connectivity index (χ1v) is 9.93. The van der Waals surface area contributed by atoms with Crippen molar-refractivity contribution in [1.82, 2.24) is 9.78 Å². The monoisotopic (exact) mass is 425 g/mol. The minimum atomic E-state index is -1.33. The first-order valence-electron chi connectivity index (χ1n) is 9.93. The van der Waals surface area contributed by atoms with Gasteiger partial charge >= 0.3 is 5.97 Å². The molecule has 4 rings (SSSR count). The number of nitrogens with zero attached hydrogens (tertiary/aromatic N) is 2. The summed E-state index contributed by atoms with van der Waals surface area (Å²) in [6.07, 6.45) is 3.87. The Morgan fingerprint density at radius 3 is 2.52 bits per heavy atom. The molecule has 31 heavy (non-hydrogen) atoms. The molecule has 160 valence electrons. The molecule has 0 radical (unpaired) electrons. The molecular formula is C23H21F2N3O3. The van der Waals surface area contributed by atoms with E-state index in [-0.39, 0.29) is 22.4 Å². The van der Waals surface area contributed by atoms with Crippen molar-refractivity contribution in [3.8, 4) is 11.1 Å². The smallest absolute Gasteiger partial charge is 0.336 e. The van der Waals surface area contributed by atoms with Gasteiger partial charge in [-0.25, -0.2) is 13.6 Å². The fraction of sp³-hybridized carbons (Fsp3) is 0.261. The number of aromatic nitrogens is 2. The number of carboxylic acid groups (broad SMARTS) is 1. The molecule has 1 saturated carbocycles. The van der Waals surface area contributed by atoms with Gasteiger partial charge in [0.05, 0.1) is 17.2 Å². The van der Waals surface area contributed by atoms with Gasteiger partial charge < -0.3 is 10.4 Å². The zero-order valence-electron chi connectivity index (χ0n) is 17.1. The largest absolute Gasteiger partial charge is 0.478 e.